The molecule has 0 bridgehead atoms. The average molecular weight is 286 g/mol. The van der Waals surface area contributed by atoms with Gasteiger partial charge in [0.1, 0.15) is 5.69 Å². The standard InChI is InChI=1S/C15H18N4O2/c20-14-10-13(17-18-14)15(21)16-11-4-6-12(7-5-11)19-8-2-1-3-9-19/h4-7,10H,1-3,8-9H2,(H,16,21)(H2,17,18,20). The fraction of sp³-hybridized carbons (Fsp3) is 0.333. The first-order valence-corrected chi connectivity index (χ1v) is 7.16. The van der Waals surface area contributed by atoms with Crippen LogP contribution in [0.1, 0.15) is 29.8 Å². The number of H-pyrrole nitrogens is 2. The molecule has 1 saturated heterocycles. The topological polar surface area (TPSA) is 81.0 Å². The lowest BCUT2D eigenvalue weighted by Crippen LogP contribution is -2.29. The highest BCUT2D eigenvalue weighted by Gasteiger charge is 2.12. The first-order chi connectivity index (χ1) is 10.2. The van der Waals surface area contributed by atoms with E-state index in [0.717, 1.165) is 13.1 Å². The molecule has 1 aliphatic rings. The van der Waals surface area contributed by atoms with E-state index in [0.29, 0.717) is 5.69 Å². The molecule has 1 aromatic carbocycles. The molecule has 6 heteroatoms. The lowest BCUT2D eigenvalue weighted by molar-refractivity contribution is 0.102. The van der Waals surface area contributed by atoms with Crippen LogP contribution < -0.4 is 15.8 Å². The third-order valence-corrected chi connectivity index (χ3v) is 3.69. The van der Waals surface area contributed by atoms with Crippen molar-refractivity contribution in [1.29, 1.82) is 0 Å². The van der Waals surface area contributed by atoms with E-state index in [9.17, 15) is 9.59 Å². The molecule has 2 heterocycles. The average Bonchev–Trinajstić information content (AvgIpc) is 2.96. The second-order valence-corrected chi connectivity index (χ2v) is 5.22. The zero-order chi connectivity index (χ0) is 14.7. The van der Waals surface area contributed by atoms with Crippen LogP contribution in [0, 0.1) is 0 Å². The van der Waals surface area contributed by atoms with Gasteiger partial charge in [-0.25, -0.2) is 0 Å². The molecule has 1 aliphatic heterocycles. The highest BCUT2D eigenvalue weighted by molar-refractivity contribution is 6.02. The molecule has 21 heavy (non-hydrogen) atoms. The SMILES string of the molecule is O=C(Nc1ccc(N2CCCCC2)cc1)c1cc(=O)[nH][nH]1. The number of amides is 1. The van der Waals surface area contributed by atoms with Crippen LogP contribution in [0.25, 0.3) is 0 Å². The second-order valence-electron chi connectivity index (χ2n) is 5.22. The highest BCUT2D eigenvalue weighted by atomic mass is 16.2. The maximum atomic E-state index is 11.9. The van der Waals surface area contributed by atoms with Crippen LogP contribution in [0.5, 0.6) is 0 Å². The molecule has 0 radical (unpaired) electrons. The number of carbonyl (C=O) groups excluding carboxylic acids is 1. The third kappa shape index (κ3) is 3.16. The predicted molar refractivity (Wildman–Crippen MR) is 81.9 cm³/mol. The maximum Gasteiger partial charge on any atom is 0.273 e. The Morgan fingerprint density at radius 3 is 2.38 bits per heavy atom. The van der Waals surface area contributed by atoms with E-state index in [-0.39, 0.29) is 17.2 Å². The van der Waals surface area contributed by atoms with Crippen LogP contribution in [-0.4, -0.2) is 29.2 Å². The van der Waals surface area contributed by atoms with E-state index in [4.69, 9.17) is 0 Å². The number of hydrogen-bond acceptors (Lipinski definition) is 3. The van der Waals surface area contributed by atoms with E-state index in [2.05, 4.69) is 20.4 Å². The maximum absolute atomic E-state index is 11.9. The lowest BCUT2D eigenvalue weighted by Gasteiger charge is -2.28. The number of aromatic nitrogens is 2. The Morgan fingerprint density at radius 2 is 1.76 bits per heavy atom. The van der Waals surface area contributed by atoms with Gasteiger partial charge in [0.05, 0.1) is 0 Å². The fourth-order valence-corrected chi connectivity index (χ4v) is 2.56. The molecular weight excluding hydrogens is 268 g/mol. The van der Waals surface area contributed by atoms with E-state index < -0.39 is 0 Å². The molecule has 0 atom stereocenters. The van der Waals surface area contributed by atoms with Crippen molar-refractivity contribution in [2.45, 2.75) is 19.3 Å². The number of benzene rings is 1. The normalized spacial score (nSPS) is 15.0. The van der Waals surface area contributed by atoms with Crippen molar-refractivity contribution in [1.82, 2.24) is 10.2 Å². The van der Waals surface area contributed by atoms with Gasteiger partial charge in [-0.3, -0.25) is 19.8 Å². The number of anilines is 2. The van der Waals surface area contributed by atoms with Gasteiger partial charge in [0, 0.05) is 30.5 Å². The first-order valence-electron chi connectivity index (χ1n) is 7.16. The molecule has 110 valence electrons. The van der Waals surface area contributed by atoms with Crippen molar-refractivity contribution < 1.29 is 4.79 Å². The summed E-state index contributed by atoms with van der Waals surface area (Å²) in [6, 6.07) is 9.03. The summed E-state index contributed by atoms with van der Waals surface area (Å²) in [5, 5.41) is 7.62. The minimum absolute atomic E-state index is 0.222. The van der Waals surface area contributed by atoms with Gasteiger partial charge in [0.2, 0.25) is 0 Å². The van der Waals surface area contributed by atoms with Crippen LogP contribution in [0.3, 0.4) is 0 Å². The Morgan fingerprint density at radius 1 is 1.05 bits per heavy atom. The van der Waals surface area contributed by atoms with Crippen molar-refractivity contribution >= 4 is 17.3 Å². The van der Waals surface area contributed by atoms with Crippen molar-refractivity contribution in [2.24, 2.45) is 0 Å². The Labute approximate surface area is 122 Å². The monoisotopic (exact) mass is 286 g/mol. The smallest absolute Gasteiger partial charge is 0.273 e. The molecule has 2 aromatic rings. The molecule has 0 unspecified atom stereocenters. The van der Waals surface area contributed by atoms with E-state index in [1.54, 1.807) is 0 Å². The number of piperidine rings is 1. The summed E-state index contributed by atoms with van der Waals surface area (Å²) in [5.74, 6) is -0.334. The molecule has 0 saturated carbocycles. The fourth-order valence-electron chi connectivity index (χ4n) is 2.56. The lowest BCUT2D eigenvalue weighted by atomic mass is 10.1. The van der Waals surface area contributed by atoms with Crippen LogP contribution in [0.4, 0.5) is 11.4 Å². The summed E-state index contributed by atoms with van der Waals surface area (Å²) in [4.78, 5) is 25.3. The zero-order valence-electron chi connectivity index (χ0n) is 11.7. The number of aromatic amines is 2. The minimum atomic E-state index is -0.334. The molecule has 1 amide bonds. The van der Waals surface area contributed by atoms with Gasteiger partial charge in [-0.05, 0) is 43.5 Å². The third-order valence-electron chi connectivity index (χ3n) is 3.69. The van der Waals surface area contributed by atoms with Gasteiger partial charge in [-0.15, -0.1) is 0 Å². The van der Waals surface area contributed by atoms with Gasteiger partial charge < -0.3 is 10.2 Å². The first kappa shape index (κ1) is 13.5. The summed E-state index contributed by atoms with van der Waals surface area (Å²) in [6.45, 7) is 2.19. The molecule has 6 nitrogen and oxygen atoms in total. The largest absolute Gasteiger partial charge is 0.372 e. The number of carbonyl (C=O) groups is 1. The summed E-state index contributed by atoms with van der Waals surface area (Å²) in [7, 11) is 0. The van der Waals surface area contributed by atoms with Gasteiger partial charge in [0.25, 0.3) is 11.5 Å². The van der Waals surface area contributed by atoms with Gasteiger partial charge in [-0.2, -0.15) is 0 Å². The van der Waals surface area contributed by atoms with Crippen molar-refractivity contribution in [3.05, 3.63) is 46.4 Å². The highest BCUT2D eigenvalue weighted by Crippen LogP contribution is 2.21. The summed E-state index contributed by atoms with van der Waals surface area (Å²) < 4.78 is 0. The molecule has 1 fully saturated rings. The van der Waals surface area contributed by atoms with Crippen LogP contribution >= 0.6 is 0 Å². The van der Waals surface area contributed by atoms with Gasteiger partial charge in [-0.1, -0.05) is 0 Å². The number of rotatable bonds is 3. The zero-order valence-corrected chi connectivity index (χ0v) is 11.7. The van der Waals surface area contributed by atoms with Crippen molar-refractivity contribution in [2.75, 3.05) is 23.3 Å². The molecule has 3 rings (SSSR count). The summed E-state index contributed by atoms with van der Waals surface area (Å²) >= 11 is 0. The molecule has 3 N–H and O–H groups in total. The molecular formula is C15H18N4O2. The van der Waals surface area contributed by atoms with Crippen molar-refractivity contribution in [3.63, 3.8) is 0 Å². The summed E-state index contributed by atoms with van der Waals surface area (Å²) in [5.41, 5.74) is 1.80. The van der Waals surface area contributed by atoms with E-state index in [1.807, 2.05) is 24.3 Å². The van der Waals surface area contributed by atoms with Crippen molar-refractivity contribution in [3.8, 4) is 0 Å². The predicted octanol–water partition coefficient (Wildman–Crippen LogP) is 1.95. The van der Waals surface area contributed by atoms with E-state index >= 15 is 0 Å². The second kappa shape index (κ2) is 5.87. The number of hydrogen-bond donors (Lipinski definition) is 3. The number of nitrogens with zero attached hydrogens (tertiary/aromatic N) is 1. The van der Waals surface area contributed by atoms with Gasteiger partial charge in [0.15, 0.2) is 0 Å². The molecule has 0 aliphatic carbocycles. The Hall–Kier alpha value is -2.50. The Balaban J connectivity index is 1.66. The quantitative estimate of drug-likeness (QED) is 0.806. The Kier molecular flexibility index (Phi) is 3.77. The van der Waals surface area contributed by atoms with Crippen LogP contribution in [0.2, 0.25) is 0 Å². The minimum Gasteiger partial charge on any atom is -0.372 e. The van der Waals surface area contributed by atoms with Crippen LogP contribution in [0.15, 0.2) is 35.1 Å². The van der Waals surface area contributed by atoms with Gasteiger partial charge >= 0.3 is 0 Å². The molecule has 0 spiro atoms. The summed E-state index contributed by atoms with van der Waals surface area (Å²) in [6.07, 6.45) is 3.78. The van der Waals surface area contributed by atoms with Crippen LogP contribution in [-0.2, 0) is 0 Å². The molecule has 1 aromatic heterocycles. The Bertz CT molecular complexity index is 665. The number of nitrogens with one attached hydrogen (secondary N) is 3. The van der Waals surface area contributed by atoms with E-state index in [1.165, 1.54) is 31.0 Å².